The average Bonchev–Trinajstić information content (AvgIpc) is 3.09. The van der Waals surface area contributed by atoms with Crippen LogP contribution in [0.1, 0.15) is 31.5 Å². The van der Waals surface area contributed by atoms with Gasteiger partial charge in [0.2, 0.25) is 0 Å². The van der Waals surface area contributed by atoms with Crippen molar-refractivity contribution in [3.63, 3.8) is 0 Å². The van der Waals surface area contributed by atoms with Gasteiger partial charge < -0.3 is 4.57 Å². The Morgan fingerprint density at radius 3 is 2.67 bits per heavy atom. The van der Waals surface area contributed by atoms with E-state index in [9.17, 15) is 0 Å². The van der Waals surface area contributed by atoms with Gasteiger partial charge in [-0.15, -0.1) is 11.3 Å². The summed E-state index contributed by atoms with van der Waals surface area (Å²) in [5.41, 5.74) is 2.12. The highest BCUT2D eigenvalue weighted by molar-refractivity contribution is 7.09. The SMILES string of the molecule is CC(C)(C)c1csc(Cn2ccnc2-c2ccccn2)n1. The zero-order valence-corrected chi connectivity index (χ0v) is 13.3. The Kier molecular flexibility index (Phi) is 3.59. The fourth-order valence-electron chi connectivity index (χ4n) is 2.04. The Bertz CT molecular complexity index is 722. The summed E-state index contributed by atoms with van der Waals surface area (Å²) in [7, 11) is 0. The first kappa shape index (κ1) is 13.9. The van der Waals surface area contributed by atoms with Crippen molar-refractivity contribution in [1.29, 1.82) is 0 Å². The summed E-state index contributed by atoms with van der Waals surface area (Å²) in [6.07, 6.45) is 5.57. The van der Waals surface area contributed by atoms with Gasteiger partial charge in [0.15, 0.2) is 5.82 Å². The lowest BCUT2D eigenvalue weighted by Crippen LogP contribution is -2.12. The molecule has 3 aromatic rings. The maximum atomic E-state index is 4.74. The first-order chi connectivity index (χ1) is 10.0. The lowest BCUT2D eigenvalue weighted by Gasteiger charge is -2.14. The fourth-order valence-corrected chi connectivity index (χ4v) is 3.06. The molecule has 0 N–H and O–H groups in total. The Morgan fingerprint density at radius 1 is 1.14 bits per heavy atom. The van der Waals surface area contributed by atoms with Crippen LogP contribution in [0.3, 0.4) is 0 Å². The number of pyridine rings is 1. The number of rotatable bonds is 3. The number of hydrogen-bond donors (Lipinski definition) is 0. The van der Waals surface area contributed by atoms with E-state index < -0.39 is 0 Å². The van der Waals surface area contributed by atoms with E-state index in [4.69, 9.17) is 4.98 Å². The molecular weight excluding hydrogens is 280 g/mol. The topological polar surface area (TPSA) is 43.6 Å². The minimum absolute atomic E-state index is 0.0908. The highest BCUT2D eigenvalue weighted by Crippen LogP contribution is 2.25. The molecule has 3 heterocycles. The highest BCUT2D eigenvalue weighted by atomic mass is 32.1. The summed E-state index contributed by atoms with van der Waals surface area (Å²) in [5.74, 6) is 0.878. The average molecular weight is 298 g/mol. The monoisotopic (exact) mass is 298 g/mol. The summed E-state index contributed by atoms with van der Waals surface area (Å²) in [5, 5.41) is 3.24. The van der Waals surface area contributed by atoms with Gasteiger partial charge in [0.1, 0.15) is 10.7 Å². The van der Waals surface area contributed by atoms with Crippen molar-refractivity contribution in [3.8, 4) is 11.5 Å². The summed E-state index contributed by atoms with van der Waals surface area (Å²) < 4.78 is 2.09. The molecule has 0 spiro atoms. The van der Waals surface area contributed by atoms with Gasteiger partial charge in [-0.2, -0.15) is 0 Å². The molecule has 21 heavy (non-hydrogen) atoms. The van der Waals surface area contributed by atoms with Crippen LogP contribution in [-0.2, 0) is 12.0 Å². The molecule has 0 aliphatic carbocycles. The van der Waals surface area contributed by atoms with E-state index in [1.807, 2.05) is 30.6 Å². The van der Waals surface area contributed by atoms with E-state index in [0.29, 0.717) is 0 Å². The first-order valence-electron chi connectivity index (χ1n) is 6.91. The minimum Gasteiger partial charge on any atom is -0.323 e. The van der Waals surface area contributed by atoms with Crippen molar-refractivity contribution < 1.29 is 0 Å². The van der Waals surface area contributed by atoms with Crippen LogP contribution in [0.15, 0.2) is 42.2 Å². The normalized spacial score (nSPS) is 11.8. The minimum atomic E-state index is 0.0908. The first-order valence-corrected chi connectivity index (χ1v) is 7.79. The highest BCUT2D eigenvalue weighted by Gasteiger charge is 2.18. The second-order valence-corrected chi connectivity index (χ2v) is 6.91. The van der Waals surface area contributed by atoms with Gasteiger partial charge in [-0.1, -0.05) is 26.8 Å². The van der Waals surface area contributed by atoms with Crippen LogP contribution in [0.5, 0.6) is 0 Å². The predicted molar refractivity (Wildman–Crippen MR) is 85.4 cm³/mol. The predicted octanol–water partition coefficient (Wildman–Crippen LogP) is 3.75. The fraction of sp³-hybridized carbons (Fsp3) is 0.312. The van der Waals surface area contributed by atoms with Crippen molar-refractivity contribution in [2.24, 2.45) is 0 Å². The molecule has 0 atom stereocenters. The largest absolute Gasteiger partial charge is 0.323 e. The molecule has 0 saturated carbocycles. The second-order valence-electron chi connectivity index (χ2n) is 5.97. The lowest BCUT2D eigenvalue weighted by molar-refractivity contribution is 0.569. The molecule has 108 valence electrons. The number of aromatic nitrogens is 4. The van der Waals surface area contributed by atoms with Crippen molar-refractivity contribution in [2.45, 2.75) is 32.7 Å². The Morgan fingerprint density at radius 2 is 2.00 bits per heavy atom. The smallest absolute Gasteiger partial charge is 0.159 e. The number of nitrogens with zero attached hydrogens (tertiary/aromatic N) is 4. The summed E-state index contributed by atoms with van der Waals surface area (Å²) in [4.78, 5) is 13.5. The molecular formula is C16H18N4S. The van der Waals surface area contributed by atoms with E-state index in [1.165, 1.54) is 0 Å². The Labute approximate surface area is 128 Å². The zero-order valence-electron chi connectivity index (χ0n) is 12.4. The summed E-state index contributed by atoms with van der Waals surface area (Å²) >= 11 is 1.70. The van der Waals surface area contributed by atoms with Crippen LogP contribution in [-0.4, -0.2) is 19.5 Å². The molecule has 0 fully saturated rings. The van der Waals surface area contributed by atoms with E-state index >= 15 is 0 Å². The van der Waals surface area contributed by atoms with Crippen molar-refractivity contribution in [2.75, 3.05) is 0 Å². The van der Waals surface area contributed by atoms with Gasteiger partial charge in [0.05, 0.1) is 12.2 Å². The molecule has 0 unspecified atom stereocenters. The van der Waals surface area contributed by atoms with Gasteiger partial charge in [-0.3, -0.25) is 4.98 Å². The molecule has 4 nitrogen and oxygen atoms in total. The zero-order chi connectivity index (χ0) is 14.9. The van der Waals surface area contributed by atoms with Gasteiger partial charge in [0.25, 0.3) is 0 Å². The third kappa shape index (κ3) is 3.03. The van der Waals surface area contributed by atoms with Crippen LogP contribution < -0.4 is 0 Å². The standard InChI is InChI=1S/C16H18N4S/c1-16(2,3)13-11-21-14(19-13)10-20-9-8-18-15(20)12-6-4-5-7-17-12/h4-9,11H,10H2,1-3H3. The molecule has 5 heteroatoms. The third-order valence-electron chi connectivity index (χ3n) is 3.24. The van der Waals surface area contributed by atoms with Crippen LogP contribution in [0.25, 0.3) is 11.5 Å². The van der Waals surface area contributed by atoms with Gasteiger partial charge in [-0.25, -0.2) is 9.97 Å². The number of imidazole rings is 1. The molecule has 3 rings (SSSR count). The van der Waals surface area contributed by atoms with Crippen LogP contribution in [0, 0.1) is 0 Å². The lowest BCUT2D eigenvalue weighted by atomic mass is 9.93. The van der Waals surface area contributed by atoms with Crippen LogP contribution in [0.2, 0.25) is 0 Å². The van der Waals surface area contributed by atoms with Crippen molar-refractivity contribution in [3.05, 3.63) is 52.9 Å². The number of hydrogen-bond acceptors (Lipinski definition) is 4. The summed E-state index contributed by atoms with van der Waals surface area (Å²) in [6, 6.07) is 5.86. The molecule has 0 aliphatic heterocycles. The quantitative estimate of drug-likeness (QED) is 0.739. The van der Waals surface area contributed by atoms with E-state index in [0.717, 1.165) is 28.8 Å². The van der Waals surface area contributed by atoms with Gasteiger partial charge >= 0.3 is 0 Å². The van der Waals surface area contributed by atoms with E-state index in [2.05, 4.69) is 40.7 Å². The van der Waals surface area contributed by atoms with Crippen LogP contribution >= 0.6 is 11.3 Å². The van der Waals surface area contributed by atoms with E-state index in [-0.39, 0.29) is 5.41 Å². The maximum absolute atomic E-state index is 4.74. The van der Waals surface area contributed by atoms with Crippen molar-refractivity contribution >= 4 is 11.3 Å². The summed E-state index contributed by atoms with van der Waals surface area (Å²) in [6.45, 7) is 7.28. The van der Waals surface area contributed by atoms with Gasteiger partial charge in [0, 0.05) is 29.4 Å². The maximum Gasteiger partial charge on any atom is 0.159 e. The third-order valence-corrected chi connectivity index (χ3v) is 4.07. The van der Waals surface area contributed by atoms with Crippen LogP contribution in [0.4, 0.5) is 0 Å². The molecule has 0 saturated heterocycles. The number of thiazole rings is 1. The van der Waals surface area contributed by atoms with Gasteiger partial charge in [-0.05, 0) is 12.1 Å². The molecule has 0 aromatic carbocycles. The Hall–Kier alpha value is -2.01. The molecule has 0 amide bonds. The molecule has 0 radical (unpaired) electrons. The molecule has 0 aliphatic rings. The van der Waals surface area contributed by atoms with E-state index in [1.54, 1.807) is 17.5 Å². The van der Waals surface area contributed by atoms with Crippen molar-refractivity contribution in [1.82, 2.24) is 19.5 Å². The molecule has 3 aromatic heterocycles. The second kappa shape index (κ2) is 5.41. The Balaban J connectivity index is 1.87. The molecule has 0 bridgehead atoms.